The van der Waals surface area contributed by atoms with Crippen molar-refractivity contribution in [3.63, 3.8) is 0 Å². The van der Waals surface area contributed by atoms with Gasteiger partial charge in [0.25, 0.3) is 0 Å². The van der Waals surface area contributed by atoms with Crippen LogP contribution in [0.15, 0.2) is 54.9 Å². The number of ether oxygens (including phenoxy) is 1. The van der Waals surface area contributed by atoms with E-state index in [2.05, 4.69) is 18.4 Å². The summed E-state index contributed by atoms with van der Waals surface area (Å²) in [5.74, 6) is 1.17. The van der Waals surface area contributed by atoms with Crippen LogP contribution in [0.25, 0.3) is 0 Å². The number of rotatable bonds is 6. The van der Waals surface area contributed by atoms with Crippen molar-refractivity contribution in [3.8, 4) is 0 Å². The van der Waals surface area contributed by atoms with Crippen LogP contribution in [0, 0.1) is 0 Å². The molecule has 2 aromatic rings. The van der Waals surface area contributed by atoms with Crippen LogP contribution in [0.4, 0.5) is 0 Å². The summed E-state index contributed by atoms with van der Waals surface area (Å²) >= 11 is 1.78. The van der Waals surface area contributed by atoms with E-state index in [1.54, 1.807) is 11.8 Å². The molecule has 1 aromatic heterocycles. The number of morpholine rings is 1. The van der Waals surface area contributed by atoms with Gasteiger partial charge < -0.3 is 14.2 Å². The lowest BCUT2D eigenvalue weighted by molar-refractivity contribution is -0.142. The van der Waals surface area contributed by atoms with Crippen LogP contribution < -0.4 is 0 Å². The van der Waals surface area contributed by atoms with E-state index in [4.69, 9.17) is 4.74 Å². The maximum atomic E-state index is 13.1. The largest absolute Gasteiger partial charge is 0.370 e. The summed E-state index contributed by atoms with van der Waals surface area (Å²) in [5, 5.41) is 0. The van der Waals surface area contributed by atoms with Crippen LogP contribution in [0.5, 0.6) is 0 Å². The summed E-state index contributed by atoms with van der Waals surface area (Å²) in [6, 6.07) is 14.0. The van der Waals surface area contributed by atoms with Gasteiger partial charge in [-0.05, 0) is 36.1 Å². The summed E-state index contributed by atoms with van der Waals surface area (Å²) in [4.78, 5) is 15.1. The third kappa shape index (κ3) is 4.02. The molecule has 0 N–H and O–H groups in total. The molecule has 1 aromatic carbocycles. The van der Waals surface area contributed by atoms with Gasteiger partial charge in [0.1, 0.15) is 12.1 Å². The Kier molecular flexibility index (Phi) is 5.99. The summed E-state index contributed by atoms with van der Waals surface area (Å²) in [7, 11) is 0. The minimum absolute atomic E-state index is 0.0326. The third-order valence-electron chi connectivity index (χ3n) is 4.42. The van der Waals surface area contributed by atoms with Gasteiger partial charge in [0.2, 0.25) is 5.91 Å². The highest BCUT2D eigenvalue weighted by atomic mass is 32.2. The fourth-order valence-corrected chi connectivity index (χ4v) is 3.57. The second kappa shape index (κ2) is 8.40. The maximum Gasteiger partial charge on any atom is 0.245 e. The lowest BCUT2D eigenvalue weighted by Crippen LogP contribution is -2.45. The minimum atomic E-state index is -0.123. The van der Waals surface area contributed by atoms with Gasteiger partial charge in [0, 0.05) is 18.9 Å². The molecule has 1 amide bonds. The SMILES string of the molecule is CSCC[C@H](C(=O)N1CCO[C@H](c2ccccc2)C1)n1cccc1. The number of thioether (sulfide) groups is 1. The summed E-state index contributed by atoms with van der Waals surface area (Å²) in [6.07, 6.45) is 6.87. The van der Waals surface area contributed by atoms with Crippen molar-refractivity contribution in [1.82, 2.24) is 9.47 Å². The molecule has 0 radical (unpaired) electrons. The predicted octanol–water partition coefficient (Wildman–Crippen LogP) is 3.38. The highest BCUT2D eigenvalue weighted by molar-refractivity contribution is 7.98. The highest BCUT2D eigenvalue weighted by Crippen LogP contribution is 2.25. The number of aromatic nitrogens is 1. The smallest absolute Gasteiger partial charge is 0.245 e. The summed E-state index contributed by atoms with van der Waals surface area (Å²) in [5.41, 5.74) is 1.14. The molecule has 2 heterocycles. The second-order valence-corrected chi connectivity index (χ2v) is 6.97. The molecule has 0 aliphatic carbocycles. The monoisotopic (exact) mass is 344 g/mol. The Bertz CT molecular complexity index is 630. The van der Waals surface area contributed by atoms with Crippen molar-refractivity contribution in [1.29, 1.82) is 0 Å². The third-order valence-corrected chi connectivity index (χ3v) is 5.06. The van der Waals surface area contributed by atoms with Gasteiger partial charge in [-0.1, -0.05) is 30.3 Å². The number of amides is 1. The van der Waals surface area contributed by atoms with E-state index in [-0.39, 0.29) is 18.1 Å². The molecule has 5 heteroatoms. The summed E-state index contributed by atoms with van der Waals surface area (Å²) in [6.45, 7) is 1.88. The number of carbonyl (C=O) groups excluding carboxylic acids is 1. The molecule has 3 rings (SSSR count). The van der Waals surface area contributed by atoms with Crippen LogP contribution in [0.2, 0.25) is 0 Å². The van der Waals surface area contributed by atoms with Crippen molar-refractivity contribution in [2.75, 3.05) is 31.7 Å². The molecule has 1 aliphatic heterocycles. The number of carbonyl (C=O) groups is 1. The van der Waals surface area contributed by atoms with Gasteiger partial charge >= 0.3 is 0 Å². The summed E-state index contributed by atoms with van der Waals surface area (Å²) < 4.78 is 7.92. The molecule has 1 aliphatic rings. The Morgan fingerprint density at radius 3 is 2.71 bits per heavy atom. The molecule has 4 nitrogen and oxygen atoms in total. The normalized spacial score (nSPS) is 19.2. The molecule has 0 saturated carbocycles. The van der Waals surface area contributed by atoms with Gasteiger partial charge in [-0.25, -0.2) is 0 Å². The van der Waals surface area contributed by atoms with Gasteiger partial charge in [0.15, 0.2) is 0 Å². The molecule has 1 fully saturated rings. The van der Waals surface area contributed by atoms with Gasteiger partial charge in [-0.15, -0.1) is 0 Å². The first-order valence-corrected chi connectivity index (χ1v) is 9.75. The van der Waals surface area contributed by atoms with Gasteiger partial charge in [0.05, 0.1) is 13.2 Å². The van der Waals surface area contributed by atoms with Gasteiger partial charge in [-0.2, -0.15) is 11.8 Å². The zero-order valence-corrected chi connectivity index (χ0v) is 14.8. The Morgan fingerprint density at radius 1 is 1.25 bits per heavy atom. The van der Waals surface area contributed by atoms with Crippen molar-refractivity contribution in [3.05, 3.63) is 60.4 Å². The first kappa shape index (κ1) is 17.1. The van der Waals surface area contributed by atoms with E-state index in [1.165, 1.54) is 0 Å². The predicted molar refractivity (Wildman–Crippen MR) is 98.2 cm³/mol. The van der Waals surface area contributed by atoms with Crippen LogP contribution in [0.3, 0.4) is 0 Å². The Balaban J connectivity index is 1.72. The van der Waals surface area contributed by atoms with Crippen molar-refractivity contribution < 1.29 is 9.53 Å². The van der Waals surface area contributed by atoms with E-state index in [0.717, 1.165) is 17.7 Å². The Labute approximate surface area is 147 Å². The fourth-order valence-electron chi connectivity index (χ4n) is 3.11. The van der Waals surface area contributed by atoms with Gasteiger partial charge in [-0.3, -0.25) is 4.79 Å². The molecule has 1 saturated heterocycles. The van der Waals surface area contributed by atoms with E-state index in [9.17, 15) is 4.79 Å². The molecule has 0 bridgehead atoms. The molecule has 24 heavy (non-hydrogen) atoms. The minimum Gasteiger partial charge on any atom is -0.370 e. The molecular formula is C19H24N2O2S. The number of benzene rings is 1. The number of hydrogen-bond acceptors (Lipinski definition) is 3. The molecule has 0 unspecified atom stereocenters. The lowest BCUT2D eigenvalue weighted by Gasteiger charge is -2.35. The Morgan fingerprint density at radius 2 is 2.00 bits per heavy atom. The van der Waals surface area contributed by atoms with Crippen LogP contribution in [-0.4, -0.2) is 47.1 Å². The van der Waals surface area contributed by atoms with E-state index >= 15 is 0 Å². The number of nitrogens with zero attached hydrogens (tertiary/aromatic N) is 2. The standard InChI is InChI=1S/C19H24N2O2S/c1-24-14-9-17(20-10-5-6-11-20)19(22)21-12-13-23-18(15-21)16-7-3-2-4-8-16/h2-8,10-11,17-18H,9,12-15H2,1H3/t17-,18+/m1/s1. The van der Waals surface area contributed by atoms with Crippen LogP contribution in [-0.2, 0) is 9.53 Å². The van der Waals surface area contributed by atoms with E-state index < -0.39 is 0 Å². The van der Waals surface area contributed by atoms with E-state index in [0.29, 0.717) is 19.7 Å². The average molecular weight is 344 g/mol. The topological polar surface area (TPSA) is 34.5 Å². The second-order valence-electron chi connectivity index (χ2n) is 5.98. The first-order chi connectivity index (χ1) is 11.8. The van der Waals surface area contributed by atoms with Crippen molar-refractivity contribution in [2.45, 2.75) is 18.6 Å². The van der Waals surface area contributed by atoms with E-state index in [1.807, 2.05) is 52.2 Å². The number of hydrogen-bond donors (Lipinski definition) is 0. The quantitative estimate of drug-likeness (QED) is 0.806. The zero-order valence-electron chi connectivity index (χ0n) is 14.0. The molecule has 128 valence electrons. The zero-order chi connectivity index (χ0) is 16.8. The molecule has 0 spiro atoms. The lowest BCUT2D eigenvalue weighted by atomic mass is 10.1. The van der Waals surface area contributed by atoms with Crippen LogP contribution in [0.1, 0.15) is 24.1 Å². The highest BCUT2D eigenvalue weighted by Gasteiger charge is 2.30. The fraction of sp³-hybridized carbons (Fsp3) is 0.421. The van der Waals surface area contributed by atoms with Crippen molar-refractivity contribution >= 4 is 17.7 Å². The molecule has 2 atom stereocenters. The average Bonchev–Trinajstić information content (AvgIpc) is 3.17. The first-order valence-electron chi connectivity index (χ1n) is 8.36. The van der Waals surface area contributed by atoms with Crippen LogP contribution >= 0.6 is 11.8 Å². The maximum absolute atomic E-state index is 13.1. The van der Waals surface area contributed by atoms with Crippen molar-refractivity contribution in [2.24, 2.45) is 0 Å². The molecular weight excluding hydrogens is 320 g/mol. The Hall–Kier alpha value is -1.72.